The fourth-order valence-corrected chi connectivity index (χ4v) is 5.82. The Kier molecular flexibility index (Phi) is 7.07. The number of hydrogen-bond acceptors (Lipinski definition) is 8. The zero-order valence-electron chi connectivity index (χ0n) is 14.4. The van der Waals surface area contributed by atoms with Gasteiger partial charge in [-0.25, -0.2) is 4.98 Å². The number of rotatable bonds is 8. The maximum absolute atomic E-state index is 12.2. The fourth-order valence-electron chi connectivity index (χ4n) is 2.11. The summed E-state index contributed by atoms with van der Waals surface area (Å²) in [6.45, 7) is 4.08. The Hall–Kier alpha value is -1.42. The summed E-state index contributed by atoms with van der Waals surface area (Å²) in [5.41, 5.74) is 2.87. The molecule has 1 amide bonds. The molecule has 0 aliphatic rings. The van der Waals surface area contributed by atoms with Gasteiger partial charge in [0.15, 0.2) is 8.68 Å². The van der Waals surface area contributed by atoms with Crippen LogP contribution in [-0.2, 0) is 17.0 Å². The summed E-state index contributed by atoms with van der Waals surface area (Å²) < 4.78 is 1.95. The molecule has 1 N–H and O–H groups in total. The summed E-state index contributed by atoms with van der Waals surface area (Å²) in [7, 11) is 0. The Labute approximate surface area is 169 Å². The Morgan fingerprint density at radius 1 is 1.19 bits per heavy atom. The molecule has 1 aromatic carbocycles. The van der Waals surface area contributed by atoms with Crippen molar-refractivity contribution in [2.24, 2.45) is 0 Å². The van der Waals surface area contributed by atoms with Crippen LogP contribution < -0.4 is 5.32 Å². The van der Waals surface area contributed by atoms with E-state index in [-0.39, 0.29) is 5.91 Å². The molecule has 0 saturated carbocycles. The number of nitrogens with zero attached hydrogens (tertiary/aromatic N) is 3. The average molecular weight is 423 g/mol. The van der Waals surface area contributed by atoms with Crippen molar-refractivity contribution in [2.75, 3.05) is 11.1 Å². The number of carbonyl (C=O) groups excluding carboxylic acids is 1. The molecule has 2 heterocycles. The van der Waals surface area contributed by atoms with Gasteiger partial charge >= 0.3 is 0 Å². The maximum Gasteiger partial charge on any atom is 0.231 e. The summed E-state index contributed by atoms with van der Waals surface area (Å²) >= 11 is 6.47. The molecule has 0 aliphatic carbocycles. The van der Waals surface area contributed by atoms with E-state index < -0.39 is 0 Å². The number of amides is 1. The summed E-state index contributed by atoms with van der Waals surface area (Å²) in [6.07, 6.45) is 0.291. The molecule has 0 radical (unpaired) electrons. The van der Waals surface area contributed by atoms with Gasteiger partial charge in [-0.05, 0) is 24.3 Å². The first-order chi connectivity index (χ1) is 12.6. The minimum absolute atomic E-state index is 0.0433. The standard InChI is InChI=1S/C17H18N4OS4/c1-3-23-16-20-21-17(26-16)25-10-12-9-24-15(18-12)8-14(22)19-13-7-5-4-6-11(13)2/h4-7,9H,3,8,10H2,1-2H3,(H,19,22). The third-order valence-electron chi connectivity index (χ3n) is 3.33. The molecule has 26 heavy (non-hydrogen) atoms. The average Bonchev–Trinajstić information content (AvgIpc) is 3.25. The summed E-state index contributed by atoms with van der Waals surface area (Å²) in [5, 5.41) is 14.1. The molecule has 0 saturated heterocycles. The molecule has 0 atom stereocenters. The number of nitrogens with one attached hydrogen (secondary N) is 1. The first-order valence-electron chi connectivity index (χ1n) is 8.02. The van der Waals surface area contributed by atoms with Crippen LogP contribution in [0.2, 0.25) is 0 Å². The monoisotopic (exact) mass is 422 g/mol. The smallest absolute Gasteiger partial charge is 0.231 e. The van der Waals surface area contributed by atoms with Gasteiger partial charge in [-0.3, -0.25) is 4.79 Å². The fraction of sp³-hybridized carbons (Fsp3) is 0.294. The molecule has 2 aromatic heterocycles. The zero-order chi connectivity index (χ0) is 18.4. The number of aryl methyl sites for hydroxylation is 1. The topological polar surface area (TPSA) is 67.8 Å². The van der Waals surface area contributed by atoms with Crippen LogP contribution in [0.5, 0.6) is 0 Å². The van der Waals surface area contributed by atoms with Crippen LogP contribution in [0, 0.1) is 6.92 Å². The van der Waals surface area contributed by atoms with Crippen LogP contribution in [0.4, 0.5) is 5.69 Å². The second-order valence-corrected chi connectivity index (χ2v) is 9.98. The predicted molar refractivity (Wildman–Crippen MR) is 111 cm³/mol. The minimum Gasteiger partial charge on any atom is -0.325 e. The van der Waals surface area contributed by atoms with Crippen LogP contribution in [0.25, 0.3) is 0 Å². The highest BCUT2D eigenvalue weighted by Crippen LogP contribution is 2.30. The lowest BCUT2D eigenvalue weighted by atomic mass is 10.2. The van der Waals surface area contributed by atoms with Crippen molar-refractivity contribution in [3.8, 4) is 0 Å². The highest BCUT2D eigenvalue weighted by Gasteiger charge is 2.11. The van der Waals surface area contributed by atoms with E-state index in [9.17, 15) is 4.79 Å². The number of para-hydroxylation sites is 1. The molecule has 136 valence electrons. The van der Waals surface area contributed by atoms with Crippen molar-refractivity contribution >= 4 is 57.8 Å². The lowest BCUT2D eigenvalue weighted by Gasteiger charge is -2.06. The Balaban J connectivity index is 1.51. The number of thiazole rings is 1. The van der Waals surface area contributed by atoms with Crippen LogP contribution in [0.3, 0.4) is 0 Å². The number of anilines is 1. The van der Waals surface area contributed by atoms with E-state index in [0.717, 1.165) is 42.1 Å². The van der Waals surface area contributed by atoms with Crippen molar-refractivity contribution in [1.82, 2.24) is 15.2 Å². The van der Waals surface area contributed by atoms with Crippen molar-refractivity contribution in [3.63, 3.8) is 0 Å². The quantitative estimate of drug-likeness (QED) is 0.521. The van der Waals surface area contributed by atoms with Crippen LogP contribution in [0.15, 0.2) is 38.3 Å². The molecule has 3 aromatic rings. The lowest BCUT2D eigenvalue weighted by Crippen LogP contribution is -2.15. The first-order valence-corrected chi connectivity index (χ1v) is 11.7. The Morgan fingerprint density at radius 2 is 1.96 bits per heavy atom. The van der Waals surface area contributed by atoms with Gasteiger partial charge in [0, 0.05) is 16.8 Å². The maximum atomic E-state index is 12.2. The number of carbonyl (C=O) groups is 1. The molecule has 3 rings (SSSR count). The van der Waals surface area contributed by atoms with Gasteiger partial charge in [-0.2, -0.15) is 0 Å². The third-order valence-corrected chi connectivity index (χ3v) is 7.33. The zero-order valence-corrected chi connectivity index (χ0v) is 17.7. The number of aromatic nitrogens is 3. The molecule has 9 heteroatoms. The largest absolute Gasteiger partial charge is 0.325 e. The minimum atomic E-state index is -0.0433. The molecule has 0 aliphatic heterocycles. The van der Waals surface area contributed by atoms with E-state index in [0.29, 0.717) is 6.42 Å². The highest BCUT2D eigenvalue weighted by atomic mass is 32.2. The highest BCUT2D eigenvalue weighted by molar-refractivity contribution is 8.02. The van der Waals surface area contributed by atoms with Gasteiger partial charge in [0.1, 0.15) is 5.01 Å². The van der Waals surface area contributed by atoms with Gasteiger partial charge in [0.2, 0.25) is 5.91 Å². The summed E-state index contributed by atoms with van der Waals surface area (Å²) in [6, 6.07) is 7.76. The lowest BCUT2D eigenvalue weighted by molar-refractivity contribution is -0.115. The first kappa shape index (κ1) is 19.3. The van der Waals surface area contributed by atoms with E-state index in [1.165, 1.54) is 11.3 Å². The second kappa shape index (κ2) is 9.50. The van der Waals surface area contributed by atoms with Gasteiger partial charge in [0.05, 0.1) is 12.1 Å². The van der Waals surface area contributed by atoms with E-state index in [1.54, 1.807) is 34.9 Å². The van der Waals surface area contributed by atoms with Gasteiger partial charge in [-0.15, -0.1) is 21.5 Å². The van der Waals surface area contributed by atoms with Crippen molar-refractivity contribution in [2.45, 2.75) is 34.7 Å². The molecule has 5 nitrogen and oxygen atoms in total. The van der Waals surface area contributed by atoms with Crippen LogP contribution >= 0.6 is 46.2 Å². The molecule has 0 spiro atoms. The SMILES string of the molecule is CCSc1nnc(SCc2csc(CC(=O)Nc3ccccc3C)n2)s1. The second-order valence-electron chi connectivity index (χ2n) is 5.33. The Bertz CT molecular complexity index is 877. The molecular weight excluding hydrogens is 404 g/mol. The van der Waals surface area contributed by atoms with Gasteiger partial charge < -0.3 is 5.32 Å². The molecular formula is C17H18N4OS4. The third kappa shape index (κ3) is 5.54. The van der Waals surface area contributed by atoms with E-state index in [1.807, 2.05) is 36.6 Å². The van der Waals surface area contributed by atoms with E-state index in [4.69, 9.17) is 0 Å². The summed E-state index contributed by atoms with van der Waals surface area (Å²) in [4.78, 5) is 16.8. The van der Waals surface area contributed by atoms with Crippen LogP contribution in [0.1, 0.15) is 23.2 Å². The summed E-state index contributed by atoms with van der Waals surface area (Å²) in [5.74, 6) is 1.69. The number of thioether (sulfide) groups is 2. The normalized spacial score (nSPS) is 10.8. The van der Waals surface area contributed by atoms with Gasteiger partial charge in [-0.1, -0.05) is 60.0 Å². The Morgan fingerprint density at radius 3 is 2.73 bits per heavy atom. The van der Waals surface area contributed by atoms with Crippen molar-refractivity contribution in [3.05, 3.63) is 45.9 Å². The molecule has 0 unspecified atom stereocenters. The van der Waals surface area contributed by atoms with E-state index in [2.05, 4.69) is 27.4 Å². The molecule has 0 fully saturated rings. The predicted octanol–water partition coefficient (Wildman–Crippen LogP) is 4.89. The molecule has 0 bridgehead atoms. The van der Waals surface area contributed by atoms with E-state index >= 15 is 0 Å². The van der Waals surface area contributed by atoms with Crippen molar-refractivity contribution < 1.29 is 4.79 Å². The van der Waals surface area contributed by atoms with Gasteiger partial charge in [0.25, 0.3) is 0 Å². The van der Waals surface area contributed by atoms with Crippen LogP contribution in [-0.4, -0.2) is 26.8 Å². The van der Waals surface area contributed by atoms with Crippen molar-refractivity contribution in [1.29, 1.82) is 0 Å². The number of hydrogen-bond donors (Lipinski definition) is 1. The number of benzene rings is 1.